The normalized spacial score (nSPS) is 19.3. The smallest absolute Gasteiger partial charge is 0.257 e. The number of likely N-dealkylation sites (tertiary alicyclic amines) is 1. The van der Waals surface area contributed by atoms with Crippen molar-refractivity contribution in [3.8, 4) is 5.75 Å². The molecule has 128 valence electrons. The van der Waals surface area contributed by atoms with Crippen molar-refractivity contribution in [3.05, 3.63) is 47.5 Å². The lowest BCUT2D eigenvalue weighted by atomic mass is 9.91. The number of rotatable bonds is 3. The van der Waals surface area contributed by atoms with Crippen molar-refractivity contribution in [2.24, 2.45) is 13.0 Å². The highest BCUT2D eigenvalue weighted by Crippen LogP contribution is 2.31. The average Bonchev–Trinajstić information content (AvgIpc) is 3.02. The van der Waals surface area contributed by atoms with Crippen LogP contribution in [-0.2, 0) is 7.05 Å². The summed E-state index contributed by atoms with van der Waals surface area (Å²) in [6.45, 7) is 2.87. The van der Waals surface area contributed by atoms with Crippen LogP contribution in [0.2, 0.25) is 0 Å². The number of nitrogens with zero attached hydrogens (tertiary/aromatic N) is 3. The zero-order valence-corrected chi connectivity index (χ0v) is 14.0. The third kappa shape index (κ3) is 3.01. The number of aromatic hydroxyl groups is 1. The monoisotopic (exact) mass is 329 g/mol. The maximum absolute atomic E-state index is 12.8. The lowest BCUT2D eigenvalue weighted by Gasteiger charge is -2.35. The molecule has 2 unspecified atom stereocenters. The fourth-order valence-electron chi connectivity index (χ4n) is 3.33. The quantitative estimate of drug-likeness (QED) is 0.903. The Morgan fingerprint density at radius 2 is 2.21 bits per heavy atom. The van der Waals surface area contributed by atoms with E-state index in [1.54, 1.807) is 47.0 Å². The molecule has 0 saturated carbocycles. The van der Waals surface area contributed by atoms with Crippen LogP contribution in [0.3, 0.4) is 0 Å². The van der Waals surface area contributed by atoms with Crippen LogP contribution < -0.4 is 0 Å². The third-order valence-corrected chi connectivity index (χ3v) is 4.78. The molecule has 1 saturated heterocycles. The van der Waals surface area contributed by atoms with Crippen molar-refractivity contribution in [2.75, 3.05) is 13.1 Å². The van der Waals surface area contributed by atoms with Gasteiger partial charge in [0.15, 0.2) is 0 Å². The summed E-state index contributed by atoms with van der Waals surface area (Å²) in [6, 6.07) is 5.19. The number of piperidine rings is 1. The van der Waals surface area contributed by atoms with Gasteiger partial charge in [0.2, 0.25) is 0 Å². The molecule has 0 aliphatic carbocycles. The molecule has 2 atom stereocenters. The molecule has 1 aromatic carbocycles. The predicted molar refractivity (Wildman–Crippen MR) is 89.6 cm³/mol. The molecular weight excluding hydrogens is 306 g/mol. The number of imidazole rings is 1. The predicted octanol–water partition coefficient (Wildman–Crippen LogP) is 2.02. The van der Waals surface area contributed by atoms with Gasteiger partial charge in [-0.3, -0.25) is 4.79 Å². The minimum Gasteiger partial charge on any atom is -0.507 e. The van der Waals surface area contributed by atoms with Crippen LogP contribution in [0.1, 0.15) is 40.7 Å². The van der Waals surface area contributed by atoms with E-state index in [4.69, 9.17) is 0 Å². The van der Waals surface area contributed by atoms with Gasteiger partial charge in [0.05, 0.1) is 5.56 Å². The summed E-state index contributed by atoms with van der Waals surface area (Å²) in [7, 11) is 1.85. The number of aryl methyl sites for hydroxylation is 2. The fourth-order valence-corrected chi connectivity index (χ4v) is 3.33. The van der Waals surface area contributed by atoms with Gasteiger partial charge < -0.3 is 19.7 Å². The number of amides is 1. The first-order chi connectivity index (χ1) is 11.5. The van der Waals surface area contributed by atoms with E-state index in [1.165, 1.54) is 0 Å². The summed E-state index contributed by atoms with van der Waals surface area (Å²) >= 11 is 0. The number of aromatic nitrogens is 2. The molecule has 1 aromatic heterocycles. The van der Waals surface area contributed by atoms with E-state index in [0.29, 0.717) is 30.0 Å². The van der Waals surface area contributed by atoms with E-state index in [2.05, 4.69) is 4.98 Å². The molecule has 1 fully saturated rings. The van der Waals surface area contributed by atoms with E-state index in [1.807, 2.05) is 7.05 Å². The topological polar surface area (TPSA) is 78.6 Å². The van der Waals surface area contributed by atoms with Crippen LogP contribution in [-0.4, -0.2) is 43.7 Å². The number of aliphatic hydroxyl groups excluding tert-OH is 1. The summed E-state index contributed by atoms with van der Waals surface area (Å²) in [4.78, 5) is 18.7. The summed E-state index contributed by atoms with van der Waals surface area (Å²) < 4.78 is 1.80. The average molecular weight is 329 g/mol. The number of carbonyl (C=O) groups is 1. The van der Waals surface area contributed by atoms with Crippen LogP contribution in [0.15, 0.2) is 30.6 Å². The molecule has 2 N–H and O–H groups in total. The third-order valence-electron chi connectivity index (χ3n) is 4.78. The van der Waals surface area contributed by atoms with E-state index in [9.17, 15) is 15.0 Å². The van der Waals surface area contributed by atoms with Crippen molar-refractivity contribution < 1.29 is 15.0 Å². The molecule has 3 rings (SSSR count). The highest BCUT2D eigenvalue weighted by atomic mass is 16.3. The highest BCUT2D eigenvalue weighted by Gasteiger charge is 2.32. The van der Waals surface area contributed by atoms with Crippen molar-refractivity contribution in [1.29, 1.82) is 0 Å². The van der Waals surface area contributed by atoms with E-state index in [-0.39, 0.29) is 17.6 Å². The highest BCUT2D eigenvalue weighted by molar-refractivity contribution is 5.97. The molecule has 1 amide bonds. The van der Waals surface area contributed by atoms with Gasteiger partial charge in [-0.25, -0.2) is 4.98 Å². The first-order valence-corrected chi connectivity index (χ1v) is 8.22. The lowest BCUT2D eigenvalue weighted by Crippen LogP contribution is -2.42. The Kier molecular flexibility index (Phi) is 4.57. The second kappa shape index (κ2) is 6.65. The Labute approximate surface area is 141 Å². The summed E-state index contributed by atoms with van der Waals surface area (Å²) in [6.07, 6.45) is 4.43. The molecular formula is C18H23N3O3. The first-order valence-electron chi connectivity index (χ1n) is 8.22. The number of hydrogen-bond donors (Lipinski definition) is 2. The number of phenolic OH excluding ortho intramolecular Hbond substituents is 1. The minimum absolute atomic E-state index is 0.0364. The molecule has 2 heterocycles. The summed E-state index contributed by atoms with van der Waals surface area (Å²) in [5.74, 6) is 0.408. The SMILES string of the molecule is Cc1cccc(C(=O)N2CCCC(C(O)c3nccn3C)C2)c1O. The molecule has 6 heteroatoms. The number of phenols is 1. The van der Waals surface area contributed by atoms with Gasteiger partial charge in [-0.1, -0.05) is 12.1 Å². The van der Waals surface area contributed by atoms with Crippen molar-refractivity contribution in [2.45, 2.75) is 25.9 Å². The molecule has 0 radical (unpaired) electrons. The zero-order chi connectivity index (χ0) is 17.3. The standard InChI is InChI=1S/C18H23N3O3/c1-12-5-3-7-14(15(12)22)18(24)21-9-4-6-13(11-21)16(23)17-19-8-10-20(17)2/h3,5,7-8,10,13,16,22-23H,4,6,9,11H2,1-2H3. The van der Waals surface area contributed by atoms with E-state index in [0.717, 1.165) is 12.8 Å². The first kappa shape index (κ1) is 16.5. The fraction of sp³-hybridized carbons (Fsp3) is 0.444. The van der Waals surface area contributed by atoms with Crippen molar-refractivity contribution in [3.63, 3.8) is 0 Å². The van der Waals surface area contributed by atoms with Gasteiger partial charge in [0.1, 0.15) is 17.7 Å². The molecule has 0 bridgehead atoms. The van der Waals surface area contributed by atoms with Gasteiger partial charge in [0.25, 0.3) is 5.91 Å². The van der Waals surface area contributed by atoms with Gasteiger partial charge in [-0.2, -0.15) is 0 Å². The van der Waals surface area contributed by atoms with Gasteiger partial charge in [-0.05, 0) is 31.4 Å². The maximum atomic E-state index is 12.8. The van der Waals surface area contributed by atoms with Crippen LogP contribution in [0, 0.1) is 12.8 Å². The Morgan fingerprint density at radius 3 is 2.92 bits per heavy atom. The van der Waals surface area contributed by atoms with Crippen LogP contribution >= 0.6 is 0 Å². The second-order valence-corrected chi connectivity index (χ2v) is 6.47. The van der Waals surface area contributed by atoms with Gasteiger partial charge in [0, 0.05) is 38.4 Å². The molecule has 0 spiro atoms. The molecule has 6 nitrogen and oxygen atoms in total. The lowest BCUT2D eigenvalue weighted by molar-refractivity contribution is 0.0357. The van der Waals surface area contributed by atoms with Gasteiger partial charge >= 0.3 is 0 Å². The van der Waals surface area contributed by atoms with Crippen molar-refractivity contribution >= 4 is 5.91 Å². The molecule has 1 aliphatic rings. The van der Waals surface area contributed by atoms with E-state index < -0.39 is 6.10 Å². The summed E-state index contributed by atoms with van der Waals surface area (Å²) in [5.41, 5.74) is 1.00. The summed E-state index contributed by atoms with van der Waals surface area (Å²) in [5, 5.41) is 20.8. The number of aliphatic hydroxyl groups is 1. The van der Waals surface area contributed by atoms with E-state index >= 15 is 0 Å². The number of carbonyl (C=O) groups excluding carboxylic acids is 1. The number of hydrogen-bond acceptors (Lipinski definition) is 4. The zero-order valence-electron chi connectivity index (χ0n) is 14.0. The molecule has 2 aromatic rings. The second-order valence-electron chi connectivity index (χ2n) is 6.47. The van der Waals surface area contributed by atoms with Crippen LogP contribution in [0.5, 0.6) is 5.75 Å². The Balaban J connectivity index is 1.77. The minimum atomic E-state index is -0.702. The van der Waals surface area contributed by atoms with Crippen molar-refractivity contribution in [1.82, 2.24) is 14.5 Å². The van der Waals surface area contributed by atoms with Crippen LogP contribution in [0.25, 0.3) is 0 Å². The largest absolute Gasteiger partial charge is 0.507 e. The Morgan fingerprint density at radius 1 is 1.42 bits per heavy atom. The molecule has 1 aliphatic heterocycles. The Bertz CT molecular complexity index is 741. The van der Waals surface area contributed by atoms with Gasteiger partial charge in [-0.15, -0.1) is 0 Å². The Hall–Kier alpha value is -2.34. The number of benzene rings is 1. The number of para-hydroxylation sites is 1. The van der Waals surface area contributed by atoms with Crippen LogP contribution in [0.4, 0.5) is 0 Å². The maximum Gasteiger partial charge on any atom is 0.257 e. The molecule has 24 heavy (non-hydrogen) atoms.